The number of allylic oxidation sites excluding steroid dienone is 1. The first kappa shape index (κ1) is 11.2. The number of hydrogen-bond donors (Lipinski definition) is 0. The molecule has 0 amide bonds. The molecule has 0 saturated carbocycles. The molecule has 0 N–H and O–H groups in total. The van der Waals surface area contributed by atoms with Gasteiger partial charge >= 0.3 is 0 Å². The van der Waals surface area contributed by atoms with Gasteiger partial charge in [-0.3, -0.25) is 4.79 Å². The highest BCUT2D eigenvalue weighted by Gasteiger charge is 2.12. The van der Waals surface area contributed by atoms with E-state index in [0.717, 1.165) is 10.9 Å². The van der Waals surface area contributed by atoms with Gasteiger partial charge in [-0.05, 0) is 44.5 Å². The highest BCUT2D eigenvalue weighted by molar-refractivity contribution is 6.27. The Morgan fingerprint density at radius 1 is 0.800 bits per heavy atom. The van der Waals surface area contributed by atoms with Crippen LogP contribution in [0.15, 0.2) is 67.3 Å². The summed E-state index contributed by atoms with van der Waals surface area (Å²) in [5.41, 5.74) is 0.728. The maximum absolute atomic E-state index is 12.0. The van der Waals surface area contributed by atoms with Crippen molar-refractivity contribution in [2.45, 2.75) is 0 Å². The zero-order chi connectivity index (χ0) is 13.7. The molecular formula is C19H12O. The van der Waals surface area contributed by atoms with E-state index in [9.17, 15) is 4.79 Å². The largest absolute Gasteiger partial charge is 0.289 e. The second kappa shape index (κ2) is 3.91. The Morgan fingerprint density at radius 3 is 2.10 bits per heavy atom. The molecule has 0 aromatic heterocycles. The Hall–Kier alpha value is -2.67. The predicted molar refractivity (Wildman–Crippen MR) is 84.7 cm³/mol. The summed E-state index contributed by atoms with van der Waals surface area (Å²) in [7, 11) is 0. The minimum Gasteiger partial charge on any atom is -0.289 e. The molecular weight excluding hydrogens is 244 g/mol. The predicted octanol–water partition coefficient (Wildman–Crippen LogP) is 4.95. The first-order chi connectivity index (χ1) is 9.79. The van der Waals surface area contributed by atoms with Gasteiger partial charge in [-0.25, -0.2) is 0 Å². The van der Waals surface area contributed by atoms with E-state index in [-0.39, 0.29) is 5.78 Å². The van der Waals surface area contributed by atoms with Crippen molar-refractivity contribution in [2.24, 2.45) is 0 Å². The van der Waals surface area contributed by atoms with Crippen LogP contribution >= 0.6 is 0 Å². The topological polar surface area (TPSA) is 17.1 Å². The summed E-state index contributed by atoms with van der Waals surface area (Å²) < 4.78 is 0. The molecule has 0 fully saturated rings. The third-order valence-electron chi connectivity index (χ3n) is 3.98. The minimum absolute atomic E-state index is 0.0251. The number of carbonyl (C=O) groups is 1. The van der Waals surface area contributed by atoms with Gasteiger partial charge in [0.1, 0.15) is 0 Å². The average Bonchev–Trinajstić information content (AvgIpc) is 2.51. The molecule has 4 rings (SSSR count). The van der Waals surface area contributed by atoms with E-state index in [4.69, 9.17) is 0 Å². The molecule has 1 nitrogen and oxygen atoms in total. The van der Waals surface area contributed by atoms with E-state index in [2.05, 4.69) is 43.0 Å². The SMILES string of the molecule is C=CC(=O)c1ccc2ccc3cccc4ccc1c2c34. The van der Waals surface area contributed by atoms with Gasteiger partial charge < -0.3 is 0 Å². The Bertz CT molecular complexity index is 963. The maximum atomic E-state index is 12.0. The van der Waals surface area contributed by atoms with Crippen molar-refractivity contribution in [1.29, 1.82) is 0 Å². The van der Waals surface area contributed by atoms with Crippen molar-refractivity contribution in [3.63, 3.8) is 0 Å². The first-order valence-electron chi connectivity index (χ1n) is 6.63. The second-order valence-corrected chi connectivity index (χ2v) is 5.04. The monoisotopic (exact) mass is 256 g/mol. The lowest BCUT2D eigenvalue weighted by molar-refractivity contribution is 0.104. The summed E-state index contributed by atoms with van der Waals surface area (Å²) in [6, 6.07) is 18.6. The van der Waals surface area contributed by atoms with Crippen LogP contribution in [0, 0.1) is 0 Å². The smallest absolute Gasteiger partial charge is 0.185 e. The van der Waals surface area contributed by atoms with Crippen LogP contribution in [0.2, 0.25) is 0 Å². The lowest BCUT2D eigenvalue weighted by Gasteiger charge is -2.12. The van der Waals surface area contributed by atoms with Crippen molar-refractivity contribution in [3.05, 3.63) is 72.8 Å². The quantitative estimate of drug-likeness (QED) is 0.281. The van der Waals surface area contributed by atoms with Crippen molar-refractivity contribution in [3.8, 4) is 0 Å². The van der Waals surface area contributed by atoms with Gasteiger partial charge in [-0.2, -0.15) is 0 Å². The molecule has 0 bridgehead atoms. The summed E-state index contributed by atoms with van der Waals surface area (Å²) in [5.74, 6) is -0.0251. The molecule has 0 aliphatic carbocycles. The molecule has 94 valence electrons. The Morgan fingerprint density at radius 2 is 1.40 bits per heavy atom. The molecule has 0 heterocycles. The molecule has 0 radical (unpaired) electrons. The van der Waals surface area contributed by atoms with Gasteiger partial charge in [0.25, 0.3) is 0 Å². The first-order valence-corrected chi connectivity index (χ1v) is 6.63. The summed E-state index contributed by atoms with van der Waals surface area (Å²) in [6.07, 6.45) is 1.38. The fraction of sp³-hybridized carbons (Fsp3) is 0. The normalized spacial score (nSPS) is 11.4. The van der Waals surface area contributed by atoms with Crippen molar-refractivity contribution in [1.82, 2.24) is 0 Å². The molecule has 4 aromatic carbocycles. The molecule has 0 aliphatic heterocycles. The highest BCUT2D eigenvalue weighted by Crippen LogP contribution is 2.35. The third kappa shape index (κ3) is 1.35. The fourth-order valence-electron chi connectivity index (χ4n) is 3.06. The van der Waals surface area contributed by atoms with Gasteiger partial charge in [-0.15, -0.1) is 0 Å². The zero-order valence-electron chi connectivity index (χ0n) is 10.9. The van der Waals surface area contributed by atoms with E-state index < -0.39 is 0 Å². The molecule has 0 saturated heterocycles. The van der Waals surface area contributed by atoms with Gasteiger partial charge in [0.2, 0.25) is 0 Å². The Kier molecular flexibility index (Phi) is 2.19. The summed E-state index contributed by atoms with van der Waals surface area (Å²) >= 11 is 0. The summed E-state index contributed by atoms with van der Waals surface area (Å²) in [4.78, 5) is 12.0. The zero-order valence-corrected chi connectivity index (χ0v) is 10.9. The van der Waals surface area contributed by atoms with Crippen LogP contribution in [0.4, 0.5) is 0 Å². The molecule has 0 spiro atoms. The highest BCUT2D eigenvalue weighted by atomic mass is 16.1. The van der Waals surface area contributed by atoms with Crippen LogP contribution < -0.4 is 0 Å². The molecule has 1 heteroatoms. The standard InChI is InChI=1S/C19H12O/c1-2-17(20)15-10-8-14-7-6-12-4-3-5-13-9-11-16(15)19(14)18(12)13/h2-11H,1H2. The number of benzene rings is 4. The van der Waals surface area contributed by atoms with Gasteiger partial charge in [0.05, 0.1) is 0 Å². The number of carbonyl (C=O) groups excluding carboxylic acids is 1. The van der Waals surface area contributed by atoms with Gasteiger partial charge in [0, 0.05) is 5.56 Å². The summed E-state index contributed by atoms with van der Waals surface area (Å²) in [6.45, 7) is 3.60. The van der Waals surface area contributed by atoms with Crippen LogP contribution in [0.3, 0.4) is 0 Å². The minimum atomic E-state index is -0.0251. The van der Waals surface area contributed by atoms with E-state index in [1.807, 2.05) is 18.2 Å². The van der Waals surface area contributed by atoms with Crippen LogP contribution in [0.1, 0.15) is 10.4 Å². The third-order valence-corrected chi connectivity index (χ3v) is 3.98. The average molecular weight is 256 g/mol. The van der Waals surface area contributed by atoms with Crippen LogP contribution in [0.25, 0.3) is 32.3 Å². The van der Waals surface area contributed by atoms with Crippen LogP contribution in [-0.2, 0) is 0 Å². The number of rotatable bonds is 2. The molecule has 0 atom stereocenters. The summed E-state index contributed by atoms with van der Waals surface area (Å²) in [5, 5.41) is 7.02. The number of hydrogen-bond acceptors (Lipinski definition) is 1. The molecule has 0 aliphatic rings. The van der Waals surface area contributed by atoms with E-state index in [1.54, 1.807) is 0 Å². The van der Waals surface area contributed by atoms with Crippen molar-refractivity contribution < 1.29 is 4.79 Å². The Balaban J connectivity index is 2.32. The van der Waals surface area contributed by atoms with Gasteiger partial charge in [-0.1, -0.05) is 55.1 Å². The van der Waals surface area contributed by atoms with Crippen molar-refractivity contribution in [2.75, 3.05) is 0 Å². The van der Waals surface area contributed by atoms with Gasteiger partial charge in [0.15, 0.2) is 5.78 Å². The van der Waals surface area contributed by atoms with Crippen molar-refractivity contribution >= 4 is 38.1 Å². The molecule has 20 heavy (non-hydrogen) atoms. The van der Waals surface area contributed by atoms with E-state index in [0.29, 0.717) is 0 Å². The second-order valence-electron chi connectivity index (χ2n) is 5.04. The molecule has 0 unspecified atom stereocenters. The lowest BCUT2D eigenvalue weighted by Crippen LogP contribution is -1.96. The van der Waals surface area contributed by atoms with Crippen LogP contribution in [-0.4, -0.2) is 5.78 Å². The lowest BCUT2D eigenvalue weighted by atomic mass is 9.91. The fourth-order valence-corrected chi connectivity index (χ4v) is 3.06. The van der Waals surface area contributed by atoms with E-state index >= 15 is 0 Å². The van der Waals surface area contributed by atoms with E-state index in [1.165, 1.54) is 33.0 Å². The number of ketones is 1. The van der Waals surface area contributed by atoms with Crippen LogP contribution in [0.5, 0.6) is 0 Å². The Labute approximate surface area is 116 Å². The molecule has 4 aromatic rings. The maximum Gasteiger partial charge on any atom is 0.185 e.